The lowest BCUT2D eigenvalue weighted by molar-refractivity contribution is 0.102. The summed E-state index contributed by atoms with van der Waals surface area (Å²) in [5, 5.41) is 7.18. The molecule has 2 heterocycles. The molecule has 6 nitrogen and oxygen atoms in total. The minimum Gasteiger partial charge on any atom is -0.367 e. The van der Waals surface area contributed by atoms with Gasteiger partial charge in [-0.2, -0.15) is 0 Å². The third kappa shape index (κ3) is 4.94. The molecule has 7 heteroatoms. The Morgan fingerprint density at radius 1 is 1.06 bits per heavy atom. The number of piperazine rings is 1. The van der Waals surface area contributed by atoms with Crippen molar-refractivity contribution in [3.05, 3.63) is 71.1 Å². The monoisotopic (exact) mass is 436 g/mol. The average molecular weight is 437 g/mol. The zero-order valence-corrected chi connectivity index (χ0v) is 19.0. The maximum atomic E-state index is 13.2. The molecule has 0 radical (unpaired) electrons. The maximum absolute atomic E-state index is 13.2. The largest absolute Gasteiger partial charge is 0.367 e. The Bertz CT molecular complexity index is 1040. The lowest BCUT2D eigenvalue weighted by Gasteiger charge is -2.35. The van der Waals surface area contributed by atoms with E-state index in [-0.39, 0.29) is 5.91 Å². The van der Waals surface area contributed by atoms with Gasteiger partial charge in [-0.25, -0.2) is 0 Å². The number of benzene rings is 2. The van der Waals surface area contributed by atoms with E-state index in [2.05, 4.69) is 33.4 Å². The summed E-state index contributed by atoms with van der Waals surface area (Å²) in [6.07, 6.45) is 0. The number of anilines is 2. The Hall–Kier alpha value is -2.77. The van der Waals surface area contributed by atoms with Gasteiger partial charge < -0.3 is 19.6 Å². The molecule has 1 aromatic heterocycles. The van der Waals surface area contributed by atoms with Crippen molar-refractivity contribution in [2.24, 2.45) is 0 Å². The van der Waals surface area contributed by atoms with Gasteiger partial charge in [-0.15, -0.1) is 11.8 Å². The molecule has 31 heavy (non-hydrogen) atoms. The number of hydrogen-bond acceptors (Lipinski definition) is 6. The summed E-state index contributed by atoms with van der Waals surface area (Å²) >= 11 is 1.63. The van der Waals surface area contributed by atoms with Gasteiger partial charge in [0.1, 0.15) is 5.76 Å². The van der Waals surface area contributed by atoms with Crippen molar-refractivity contribution in [1.82, 2.24) is 10.1 Å². The molecule has 0 aliphatic carbocycles. The number of amides is 1. The number of hydrogen-bond donors (Lipinski definition) is 1. The van der Waals surface area contributed by atoms with Gasteiger partial charge in [0, 0.05) is 42.4 Å². The SMILES string of the molecule is Cc1noc(C)c1CSc1ccccc1C(=O)Nc1ccccc1N1CCN(C)CC1. The van der Waals surface area contributed by atoms with Crippen LogP contribution in [0.5, 0.6) is 0 Å². The number of nitrogens with zero attached hydrogens (tertiary/aromatic N) is 3. The number of likely N-dealkylation sites (N-methyl/N-ethyl adjacent to an activating group) is 1. The van der Waals surface area contributed by atoms with Crippen molar-refractivity contribution >= 4 is 29.0 Å². The molecule has 4 rings (SSSR count). The summed E-state index contributed by atoms with van der Waals surface area (Å²) in [6.45, 7) is 7.80. The Labute approximate surface area is 187 Å². The van der Waals surface area contributed by atoms with Crippen LogP contribution < -0.4 is 10.2 Å². The van der Waals surface area contributed by atoms with Crippen molar-refractivity contribution in [2.75, 3.05) is 43.4 Å². The first-order valence-corrected chi connectivity index (χ1v) is 11.5. The highest BCUT2D eigenvalue weighted by molar-refractivity contribution is 7.98. The number of aryl methyl sites for hydroxylation is 2. The van der Waals surface area contributed by atoms with E-state index in [0.717, 1.165) is 59.5 Å². The van der Waals surface area contributed by atoms with Crippen LogP contribution in [0.3, 0.4) is 0 Å². The van der Waals surface area contributed by atoms with Crippen LogP contribution in [0.4, 0.5) is 11.4 Å². The van der Waals surface area contributed by atoms with E-state index in [1.54, 1.807) is 11.8 Å². The van der Waals surface area contributed by atoms with Crippen LogP contribution in [0.25, 0.3) is 0 Å². The smallest absolute Gasteiger partial charge is 0.256 e. The molecule has 0 unspecified atom stereocenters. The molecule has 1 N–H and O–H groups in total. The van der Waals surface area contributed by atoms with Crippen LogP contribution in [0.2, 0.25) is 0 Å². The summed E-state index contributed by atoms with van der Waals surface area (Å²) in [5.41, 5.74) is 4.58. The van der Waals surface area contributed by atoms with Gasteiger partial charge in [0.25, 0.3) is 5.91 Å². The molecule has 2 aromatic carbocycles. The van der Waals surface area contributed by atoms with Gasteiger partial charge in [-0.1, -0.05) is 29.4 Å². The molecular weight excluding hydrogens is 408 g/mol. The number of aromatic nitrogens is 1. The Balaban J connectivity index is 1.51. The predicted molar refractivity (Wildman–Crippen MR) is 126 cm³/mol. The molecule has 0 bridgehead atoms. The fraction of sp³-hybridized carbons (Fsp3) is 0.333. The van der Waals surface area contributed by atoms with Gasteiger partial charge in [0.2, 0.25) is 0 Å². The minimum atomic E-state index is -0.0940. The molecule has 3 aromatic rings. The van der Waals surface area contributed by atoms with Gasteiger partial charge >= 0.3 is 0 Å². The highest BCUT2D eigenvalue weighted by atomic mass is 32.2. The number of rotatable bonds is 6. The van der Waals surface area contributed by atoms with E-state index in [1.165, 1.54) is 0 Å². The van der Waals surface area contributed by atoms with Crippen molar-refractivity contribution in [1.29, 1.82) is 0 Å². The molecule has 1 amide bonds. The van der Waals surface area contributed by atoms with Crippen LogP contribution >= 0.6 is 11.8 Å². The third-order valence-corrected chi connectivity index (χ3v) is 6.78. The number of nitrogens with one attached hydrogen (secondary N) is 1. The predicted octanol–water partition coefficient (Wildman–Crippen LogP) is 4.59. The molecule has 1 aliphatic rings. The van der Waals surface area contributed by atoms with E-state index in [1.807, 2.05) is 56.3 Å². The van der Waals surface area contributed by atoms with Crippen molar-refractivity contribution in [3.63, 3.8) is 0 Å². The first kappa shape index (κ1) is 21.5. The van der Waals surface area contributed by atoms with Crippen LogP contribution in [-0.4, -0.2) is 49.2 Å². The van der Waals surface area contributed by atoms with Gasteiger partial charge in [-0.3, -0.25) is 4.79 Å². The first-order chi connectivity index (χ1) is 15.0. The zero-order valence-electron chi connectivity index (χ0n) is 18.2. The maximum Gasteiger partial charge on any atom is 0.256 e. The second kappa shape index (κ2) is 9.58. The minimum absolute atomic E-state index is 0.0940. The highest BCUT2D eigenvalue weighted by Crippen LogP contribution is 2.31. The van der Waals surface area contributed by atoms with E-state index < -0.39 is 0 Å². The number of para-hydroxylation sites is 2. The average Bonchev–Trinajstić information content (AvgIpc) is 3.11. The highest BCUT2D eigenvalue weighted by Gasteiger charge is 2.19. The summed E-state index contributed by atoms with van der Waals surface area (Å²) in [5.74, 6) is 1.44. The van der Waals surface area contributed by atoms with Gasteiger partial charge in [0.05, 0.1) is 22.6 Å². The van der Waals surface area contributed by atoms with E-state index in [4.69, 9.17) is 4.52 Å². The topological polar surface area (TPSA) is 61.6 Å². The number of thioether (sulfide) groups is 1. The normalized spacial score (nSPS) is 14.6. The number of carbonyl (C=O) groups excluding carboxylic acids is 1. The van der Waals surface area contributed by atoms with Crippen LogP contribution in [-0.2, 0) is 5.75 Å². The molecule has 1 fully saturated rings. The second-order valence-electron chi connectivity index (χ2n) is 7.85. The fourth-order valence-corrected chi connectivity index (χ4v) is 4.93. The van der Waals surface area contributed by atoms with E-state index >= 15 is 0 Å². The first-order valence-electron chi connectivity index (χ1n) is 10.5. The fourth-order valence-electron chi connectivity index (χ4n) is 3.73. The Morgan fingerprint density at radius 2 is 1.77 bits per heavy atom. The van der Waals surface area contributed by atoms with Crippen LogP contribution in [0, 0.1) is 13.8 Å². The van der Waals surface area contributed by atoms with Crippen molar-refractivity contribution < 1.29 is 9.32 Å². The molecule has 162 valence electrons. The molecule has 1 aliphatic heterocycles. The number of carbonyl (C=O) groups is 1. The summed E-state index contributed by atoms with van der Waals surface area (Å²) in [4.78, 5) is 18.8. The second-order valence-corrected chi connectivity index (χ2v) is 8.87. The Kier molecular flexibility index (Phi) is 6.63. The van der Waals surface area contributed by atoms with Gasteiger partial charge in [0.15, 0.2) is 0 Å². The Morgan fingerprint density at radius 3 is 2.52 bits per heavy atom. The quantitative estimate of drug-likeness (QED) is 0.571. The lowest BCUT2D eigenvalue weighted by Crippen LogP contribution is -2.44. The molecule has 0 spiro atoms. The summed E-state index contributed by atoms with van der Waals surface area (Å²) < 4.78 is 5.27. The van der Waals surface area contributed by atoms with E-state index in [9.17, 15) is 4.79 Å². The summed E-state index contributed by atoms with van der Waals surface area (Å²) in [7, 11) is 2.14. The van der Waals surface area contributed by atoms with Crippen molar-refractivity contribution in [3.8, 4) is 0 Å². The molecule has 1 saturated heterocycles. The van der Waals surface area contributed by atoms with E-state index in [0.29, 0.717) is 11.3 Å². The lowest BCUT2D eigenvalue weighted by atomic mass is 10.1. The van der Waals surface area contributed by atoms with Crippen molar-refractivity contribution in [2.45, 2.75) is 24.5 Å². The van der Waals surface area contributed by atoms with Crippen LogP contribution in [0.15, 0.2) is 57.9 Å². The standard InChI is InChI=1S/C24H28N4O2S/c1-17-20(18(2)30-26-17)16-31-23-11-7-4-8-19(23)24(29)25-21-9-5-6-10-22(21)28-14-12-27(3)13-15-28/h4-11H,12-16H2,1-3H3,(H,25,29). The van der Waals surface area contributed by atoms with Gasteiger partial charge in [-0.05, 0) is 45.2 Å². The third-order valence-electron chi connectivity index (χ3n) is 5.68. The molecule has 0 saturated carbocycles. The summed E-state index contributed by atoms with van der Waals surface area (Å²) in [6, 6.07) is 15.8. The van der Waals surface area contributed by atoms with Crippen LogP contribution in [0.1, 0.15) is 27.4 Å². The zero-order chi connectivity index (χ0) is 21.8. The molecular formula is C24H28N4O2S. The molecule has 0 atom stereocenters.